The van der Waals surface area contributed by atoms with Crippen molar-refractivity contribution in [2.24, 2.45) is 5.92 Å². The van der Waals surface area contributed by atoms with E-state index in [9.17, 15) is 10.1 Å². The Bertz CT molecular complexity index is 1650. The van der Waals surface area contributed by atoms with E-state index in [1.165, 1.54) is 12.4 Å². The van der Waals surface area contributed by atoms with Crippen molar-refractivity contribution >= 4 is 22.8 Å². The number of rotatable bonds is 9. The van der Waals surface area contributed by atoms with Crippen molar-refractivity contribution in [2.45, 2.75) is 32.7 Å². The van der Waals surface area contributed by atoms with Crippen molar-refractivity contribution in [1.82, 2.24) is 24.6 Å². The molecule has 10 nitrogen and oxygen atoms in total. The Balaban J connectivity index is 1.44. The zero-order valence-corrected chi connectivity index (χ0v) is 23.5. The zero-order valence-electron chi connectivity index (χ0n) is 23.5. The molecular weight excluding hydrogens is 537 g/mol. The summed E-state index contributed by atoms with van der Waals surface area (Å²) in [5.41, 5.74) is 7.32. The van der Waals surface area contributed by atoms with Gasteiger partial charge in [-0.25, -0.2) is 19.0 Å². The highest BCUT2D eigenvalue weighted by atomic mass is 19.1. The van der Waals surface area contributed by atoms with Gasteiger partial charge in [0.05, 0.1) is 18.0 Å². The molecule has 0 spiro atoms. The molecular formula is C31H32FN7O3. The maximum atomic E-state index is 15.5. The summed E-state index contributed by atoms with van der Waals surface area (Å²) < 4.78 is 28.4. The Morgan fingerprint density at radius 3 is 2.79 bits per heavy atom. The van der Waals surface area contributed by atoms with Gasteiger partial charge in [-0.2, -0.15) is 10.4 Å². The molecule has 3 heterocycles. The van der Waals surface area contributed by atoms with Crippen molar-refractivity contribution in [1.29, 1.82) is 5.26 Å². The third-order valence-corrected chi connectivity index (χ3v) is 7.11. The van der Waals surface area contributed by atoms with Gasteiger partial charge in [0.2, 0.25) is 0 Å². The second kappa shape index (κ2) is 12.8. The first-order valence-electron chi connectivity index (χ1n) is 13.9. The molecule has 0 radical (unpaired) electrons. The van der Waals surface area contributed by atoms with Gasteiger partial charge >= 0.3 is 0 Å². The topological polar surface area (TPSA) is 132 Å². The molecule has 5 rings (SSSR count). The monoisotopic (exact) mass is 569 g/mol. The van der Waals surface area contributed by atoms with Gasteiger partial charge in [-0.1, -0.05) is 31.2 Å². The largest absolute Gasteiger partial charge is 0.457 e. The van der Waals surface area contributed by atoms with Gasteiger partial charge in [0.25, 0.3) is 5.91 Å². The minimum Gasteiger partial charge on any atom is -0.457 e. The normalized spacial score (nSPS) is 16.3. The molecule has 42 heavy (non-hydrogen) atoms. The molecule has 1 fully saturated rings. The molecule has 2 aromatic heterocycles. The van der Waals surface area contributed by atoms with Crippen LogP contribution in [-0.4, -0.2) is 56.9 Å². The van der Waals surface area contributed by atoms with Crippen LogP contribution in [-0.2, 0) is 9.53 Å². The third kappa shape index (κ3) is 6.09. The van der Waals surface area contributed by atoms with Crippen LogP contribution in [0.2, 0.25) is 0 Å². The van der Waals surface area contributed by atoms with Crippen LogP contribution in [0.25, 0.3) is 22.3 Å². The summed E-state index contributed by atoms with van der Waals surface area (Å²) in [5.74, 6) is 0.146. The second-order valence-corrected chi connectivity index (χ2v) is 10.2. The van der Waals surface area contributed by atoms with Crippen LogP contribution >= 0.6 is 0 Å². The number of carbonyl (C=O) groups excluding carboxylic acids is 1. The van der Waals surface area contributed by atoms with Gasteiger partial charge in [-0.05, 0) is 49.9 Å². The van der Waals surface area contributed by atoms with E-state index in [1.54, 1.807) is 39.9 Å². The van der Waals surface area contributed by atoms with Crippen LogP contribution in [0.1, 0.15) is 32.7 Å². The smallest absolute Gasteiger partial charge is 0.264 e. The van der Waals surface area contributed by atoms with E-state index < -0.39 is 5.82 Å². The van der Waals surface area contributed by atoms with Gasteiger partial charge in [-0.3, -0.25) is 4.79 Å². The van der Waals surface area contributed by atoms with E-state index in [-0.39, 0.29) is 34.8 Å². The summed E-state index contributed by atoms with van der Waals surface area (Å²) in [6, 6.07) is 15.5. The molecule has 4 aromatic rings. The lowest BCUT2D eigenvalue weighted by Gasteiger charge is -2.33. The maximum absolute atomic E-state index is 15.5. The van der Waals surface area contributed by atoms with Crippen molar-refractivity contribution < 1.29 is 18.7 Å². The van der Waals surface area contributed by atoms with Gasteiger partial charge in [0.1, 0.15) is 46.8 Å². The quantitative estimate of drug-likeness (QED) is 0.212. The molecule has 216 valence electrons. The SMILES string of the molecule is CCOCC(C)C=C(C#N)C(=O)N1CCC[C@@H](n2nc(-c3ccc(Oc4ccccc4)cc3F)c3c(N)ncnc32)C1. The lowest BCUT2D eigenvalue weighted by atomic mass is 10.0. The molecule has 1 saturated heterocycles. The summed E-state index contributed by atoms with van der Waals surface area (Å²) >= 11 is 0. The van der Waals surface area contributed by atoms with Gasteiger partial charge in [-0.15, -0.1) is 0 Å². The standard InChI is InChI=1S/C31H32FN7O3/c1-3-41-18-20(2)14-21(16-33)31(40)38-13-7-8-22(17-38)39-30-27(29(34)35-19-36-30)28(37-39)25-12-11-24(15-26(25)32)42-23-9-5-4-6-10-23/h4-6,9-12,14-15,19-20,22H,3,7-8,13,17-18H2,1-2H3,(H2,34,35,36)/t20?,22-/m1/s1. The first-order chi connectivity index (χ1) is 20.4. The van der Waals surface area contributed by atoms with Gasteiger partial charge < -0.3 is 20.1 Å². The average Bonchev–Trinajstić information content (AvgIpc) is 3.40. The number of piperidine rings is 1. The number of amides is 1. The molecule has 2 aromatic carbocycles. The number of nitriles is 1. The number of hydrogen-bond donors (Lipinski definition) is 1. The van der Waals surface area contributed by atoms with Crippen LogP contribution in [0.5, 0.6) is 11.5 Å². The fraction of sp³-hybridized carbons (Fsp3) is 0.323. The summed E-state index contributed by atoms with van der Waals surface area (Å²) in [5, 5.41) is 14.9. The Kier molecular flexibility index (Phi) is 8.74. The minimum atomic E-state index is -0.538. The highest BCUT2D eigenvalue weighted by Gasteiger charge is 2.30. The fourth-order valence-electron chi connectivity index (χ4n) is 5.12. The summed E-state index contributed by atoms with van der Waals surface area (Å²) in [6.45, 7) is 5.61. The fourth-order valence-corrected chi connectivity index (χ4v) is 5.12. The van der Waals surface area contributed by atoms with Crippen LogP contribution in [0.4, 0.5) is 10.2 Å². The molecule has 1 aliphatic rings. The number of aromatic nitrogens is 4. The van der Waals surface area contributed by atoms with E-state index in [0.29, 0.717) is 67.4 Å². The molecule has 2 atom stereocenters. The van der Waals surface area contributed by atoms with Crippen LogP contribution in [0.3, 0.4) is 0 Å². The summed E-state index contributed by atoms with van der Waals surface area (Å²) in [4.78, 5) is 23.5. The van der Waals surface area contributed by atoms with Crippen molar-refractivity contribution in [3.05, 3.63) is 72.3 Å². The highest BCUT2D eigenvalue weighted by Crippen LogP contribution is 2.36. The molecule has 1 amide bonds. The Labute approximate surface area is 243 Å². The van der Waals surface area contributed by atoms with E-state index in [0.717, 1.165) is 0 Å². The highest BCUT2D eigenvalue weighted by molar-refractivity contribution is 5.99. The molecule has 11 heteroatoms. The Morgan fingerprint density at radius 2 is 2.05 bits per heavy atom. The number of para-hydroxylation sites is 1. The lowest BCUT2D eigenvalue weighted by Crippen LogP contribution is -2.41. The predicted molar refractivity (Wildman–Crippen MR) is 156 cm³/mol. The number of carbonyl (C=O) groups is 1. The molecule has 0 saturated carbocycles. The summed E-state index contributed by atoms with van der Waals surface area (Å²) in [6.07, 6.45) is 4.41. The van der Waals surface area contributed by atoms with Gasteiger partial charge in [0.15, 0.2) is 5.65 Å². The number of nitrogens with two attached hydrogens (primary N) is 1. The lowest BCUT2D eigenvalue weighted by molar-refractivity contribution is -0.128. The van der Waals surface area contributed by atoms with E-state index in [4.69, 9.17) is 20.3 Å². The van der Waals surface area contributed by atoms with E-state index in [1.807, 2.05) is 32.0 Å². The Morgan fingerprint density at radius 1 is 1.24 bits per heavy atom. The van der Waals surface area contributed by atoms with E-state index in [2.05, 4.69) is 16.0 Å². The Hall–Kier alpha value is -4.82. The molecule has 0 aliphatic carbocycles. The summed E-state index contributed by atoms with van der Waals surface area (Å²) in [7, 11) is 0. The maximum Gasteiger partial charge on any atom is 0.264 e. The van der Waals surface area contributed by atoms with Crippen LogP contribution in [0, 0.1) is 23.1 Å². The number of nitrogen functional groups attached to an aromatic ring is 1. The molecule has 2 N–H and O–H groups in total. The number of anilines is 1. The van der Waals surface area contributed by atoms with E-state index >= 15 is 4.39 Å². The van der Waals surface area contributed by atoms with Crippen LogP contribution < -0.4 is 10.5 Å². The number of ether oxygens (including phenoxy) is 2. The van der Waals surface area contributed by atoms with Crippen molar-refractivity contribution in [3.8, 4) is 28.8 Å². The molecule has 1 unspecified atom stereocenters. The number of halogens is 1. The first-order valence-corrected chi connectivity index (χ1v) is 13.9. The predicted octanol–water partition coefficient (Wildman–Crippen LogP) is 5.29. The second-order valence-electron chi connectivity index (χ2n) is 10.2. The van der Waals surface area contributed by atoms with Crippen LogP contribution in [0.15, 0.2) is 66.5 Å². The minimum absolute atomic E-state index is 0.0826. The molecule has 0 bridgehead atoms. The number of nitrogens with zero attached hydrogens (tertiary/aromatic N) is 6. The first kappa shape index (κ1) is 28.7. The zero-order chi connectivity index (χ0) is 29.6. The average molecular weight is 570 g/mol. The third-order valence-electron chi connectivity index (χ3n) is 7.11. The van der Waals surface area contributed by atoms with Crippen molar-refractivity contribution in [3.63, 3.8) is 0 Å². The van der Waals surface area contributed by atoms with Gasteiger partial charge in [0, 0.05) is 31.3 Å². The number of fused-ring (bicyclic) bond motifs is 1. The molecule has 1 aliphatic heterocycles. The number of likely N-dealkylation sites (tertiary alicyclic amines) is 1. The number of hydrogen-bond acceptors (Lipinski definition) is 8. The van der Waals surface area contributed by atoms with Crippen molar-refractivity contribution in [2.75, 3.05) is 32.0 Å². The number of benzene rings is 2.